The number of carbonyl (C=O) groups is 2. The molecule has 0 aromatic carbocycles. The first-order chi connectivity index (χ1) is 30.0. The molecular formula is C49H92O12S. The molecule has 1 heterocycles. The van der Waals surface area contributed by atoms with Gasteiger partial charge in [0.05, 0.1) is 6.61 Å². The molecule has 1 fully saturated rings. The van der Waals surface area contributed by atoms with Gasteiger partial charge in [-0.1, -0.05) is 193 Å². The van der Waals surface area contributed by atoms with Crippen molar-refractivity contribution in [2.45, 2.75) is 269 Å². The van der Waals surface area contributed by atoms with E-state index in [1.165, 1.54) is 135 Å². The van der Waals surface area contributed by atoms with E-state index in [1.54, 1.807) is 0 Å². The van der Waals surface area contributed by atoms with E-state index in [0.29, 0.717) is 12.8 Å². The fourth-order valence-electron chi connectivity index (χ4n) is 7.91. The molecule has 0 bridgehead atoms. The molecule has 0 aromatic rings. The minimum Gasteiger partial charge on any atom is -0.462 e. The Labute approximate surface area is 377 Å². The number of rotatable bonds is 43. The van der Waals surface area contributed by atoms with E-state index in [-0.39, 0.29) is 19.4 Å². The van der Waals surface area contributed by atoms with E-state index in [2.05, 4.69) is 26.0 Å². The van der Waals surface area contributed by atoms with Gasteiger partial charge in [0.25, 0.3) is 10.1 Å². The van der Waals surface area contributed by atoms with Crippen LogP contribution in [0.4, 0.5) is 0 Å². The number of aliphatic hydroxyl groups excluding tert-OH is 3. The first-order valence-electron chi connectivity index (χ1n) is 25.2. The van der Waals surface area contributed by atoms with Gasteiger partial charge in [-0.2, -0.15) is 8.42 Å². The van der Waals surface area contributed by atoms with E-state index >= 15 is 0 Å². The zero-order valence-electron chi connectivity index (χ0n) is 39.2. The maximum Gasteiger partial charge on any atom is 0.306 e. The smallest absolute Gasteiger partial charge is 0.306 e. The number of unbranched alkanes of at least 4 members (excludes halogenated alkanes) is 29. The minimum absolute atomic E-state index is 0.159. The summed E-state index contributed by atoms with van der Waals surface area (Å²) in [5.74, 6) is -1.98. The van der Waals surface area contributed by atoms with Crippen molar-refractivity contribution in [1.82, 2.24) is 0 Å². The normalized spacial score (nSPS) is 19.9. The lowest BCUT2D eigenvalue weighted by molar-refractivity contribution is -0.297. The Balaban J connectivity index is 2.38. The van der Waals surface area contributed by atoms with Gasteiger partial charge in [-0.3, -0.25) is 14.1 Å². The molecule has 12 nitrogen and oxygen atoms in total. The van der Waals surface area contributed by atoms with Gasteiger partial charge in [-0.15, -0.1) is 0 Å². The Kier molecular flexibility index (Phi) is 37.4. The van der Waals surface area contributed by atoms with Crippen molar-refractivity contribution in [2.75, 3.05) is 19.0 Å². The number of hydrogen-bond donors (Lipinski definition) is 4. The van der Waals surface area contributed by atoms with Crippen LogP contribution in [0.3, 0.4) is 0 Å². The van der Waals surface area contributed by atoms with E-state index in [4.69, 9.17) is 18.9 Å². The van der Waals surface area contributed by atoms with Gasteiger partial charge in [0.2, 0.25) is 0 Å². The predicted octanol–water partition coefficient (Wildman–Crippen LogP) is 11.0. The van der Waals surface area contributed by atoms with Crippen LogP contribution in [0, 0.1) is 0 Å². The molecule has 13 heteroatoms. The molecule has 0 amide bonds. The molecule has 0 spiro atoms. The monoisotopic (exact) mass is 905 g/mol. The average molecular weight is 905 g/mol. The van der Waals surface area contributed by atoms with E-state index in [0.717, 1.165) is 57.8 Å². The second-order valence-corrected chi connectivity index (χ2v) is 19.3. The molecule has 366 valence electrons. The van der Waals surface area contributed by atoms with Crippen molar-refractivity contribution in [3.05, 3.63) is 12.2 Å². The average Bonchev–Trinajstić information content (AvgIpc) is 3.24. The molecule has 62 heavy (non-hydrogen) atoms. The summed E-state index contributed by atoms with van der Waals surface area (Å²) in [5, 5.41) is 30.9. The molecule has 6 unspecified atom stereocenters. The van der Waals surface area contributed by atoms with Gasteiger partial charge < -0.3 is 34.3 Å². The summed E-state index contributed by atoms with van der Waals surface area (Å²) >= 11 is 0. The molecule has 0 aliphatic carbocycles. The number of aliphatic hydroxyl groups is 3. The van der Waals surface area contributed by atoms with Crippen LogP contribution >= 0.6 is 0 Å². The number of carbonyl (C=O) groups excluding carboxylic acids is 2. The summed E-state index contributed by atoms with van der Waals surface area (Å²) in [6, 6.07) is 0. The third kappa shape index (κ3) is 33.8. The van der Waals surface area contributed by atoms with E-state index in [9.17, 15) is 37.9 Å². The molecule has 1 aliphatic rings. The highest BCUT2D eigenvalue weighted by Crippen LogP contribution is 2.24. The molecule has 1 saturated heterocycles. The fourth-order valence-corrected chi connectivity index (χ4v) is 8.60. The lowest BCUT2D eigenvalue weighted by atomic mass is 10.00. The summed E-state index contributed by atoms with van der Waals surface area (Å²) < 4.78 is 54.2. The van der Waals surface area contributed by atoms with Crippen LogP contribution < -0.4 is 0 Å². The van der Waals surface area contributed by atoms with Crippen molar-refractivity contribution < 1.29 is 56.8 Å². The van der Waals surface area contributed by atoms with Crippen LogP contribution in [0.1, 0.15) is 232 Å². The standard InChI is InChI=1S/C49H92O12S/c1-3-5-7-9-11-13-15-17-19-21-22-24-25-27-29-31-33-35-37-44(50)58-39-42(40-59-49-48(54)47(53)46(52)43(61-49)41-62(55,56)57)60-45(51)38-36-34-32-30-28-26-23-20-18-16-14-12-10-8-6-4-2/h20,23,42-43,46-49,52-54H,3-19,21-22,24-41H2,1-2H3,(H,55,56,57)/b23-20-. The maximum absolute atomic E-state index is 12.8. The van der Waals surface area contributed by atoms with Gasteiger partial charge in [-0.05, 0) is 38.5 Å². The SMILES string of the molecule is CCCCCCCCC/C=C\CCCCCCCC(=O)OC(COC(=O)CCCCCCCCCCCCCCCCCCCC)COC1OC(CS(=O)(=O)O)C(O)C(O)C1O. The quantitative estimate of drug-likeness (QED) is 0.0197. The number of hydrogen-bond acceptors (Lipinski definition) is 11. The highest BCUT2D eigenvalue weighted by atomic mass is 32.2. The molecule has 0 radical (unpaired) electrons. The van der Waals surface area contributed by atoms with Gasteiger partial charge in [0, 0.05) is 12.8 Å². The second-order valence-electron chi connectivity index (χ2n) is 17.8. The van der Waals surface area contributed by atoms with Crippen LogP contribution in [0.5, 0.6) is 0 Å². The third-order valence-electron chi connectivity index (χ3n) is 11.8. The predicted molar refractivity (Wildman–Crippen MR) is 247 cm³/mol. The third-order valence-corrected chi connectivity index (χ3v) is 12.6. The Morgan fingerprint density at radius 3 is 1.34 bits per heavy atom. The van der Waals surface area contributed by atoms with Crippen LogP contribution in [0.2, 0.25) is 0 Å². The molecule has 0 saturated carbocycles. The van der Waals surface area contributed by atoms with Crippen LogP contribution in [-0.4, -0.2) is 96.0 Å². The lowest BCUT2D eigenvalue weighted by Gasteiger charge is -2.40. The lowest BCUT2D eigenvalue weighted by Crippen LogP contribution is -2.60. The molecule has 0 aromatic heterocycles. The molecule has 6 atom stereocenters. The fraction of sp³-hybridized carbons (Fsp3) is 0.918. The summed E-state index contributed by atoms with van der Waals surface area (Å²) in [6.45, 7) is 3.79. The Morgan fingerprint density at radius 2 is 0.919 bits per heavy atom. The van der Waals surface area contributed by atoms with Gasteiger partial charge in [-0.25, -0.2) is 0 Å². The van der Waals surface area contributed by atoms with Crippen molar-refractivity contribution >= 4 is 22.1 Å². The van der Waals surface area contributed by atoms with Crippen molar-refractivity contribution in [3.8, 4) is 0 Å². The van der Waals surface area contributed by atoms with Crippen LogP contribution in [-0.2, 0) is 38.7 Å². The van der Waals surface area contributed by atoms with Crippen molar-refractivity contribution in [1.29, 1.82) is 0 Å². The number of ether oxygens (including phenoxy) is 4. The maximum atomic E-state index is 12.8. The zero-order valence-corrected chi connectivity index (χ0v) is 40.1. The van der Waals surface area contributed by atoms with Gasteiger partial charge in [0.15, 0.2) is 12.4 Å². The Bertz CT molecular complexity index is 1200. The van der Waals surface area contributed by atoms with Crippen LogP contribution in [0.25, 0.3) is 0 Å². The van der Waals surface area contributed by atoms with E-state index in [1.807, 2.05) is 0 Å². The molecular weight excluding hydrogens is 813 g/mol. The summed E-state index contributed by atoms with van der Waals surface area (Å²) in [5.41, 5.74) is 0. The van der Waals surface area contributed by atoms with Crippen LogP contribution in [0.15, 0.2) is 12.2 Å². The first kappa shape index (κ1) is 58.4. The topological polar surface area (TPSA) is 186 Å². The highest BCUT2D eigenvalue weighted by Gasteiger charge is 2.46. The zero-order chi connectivity index (χ0) is 45.5. The Hall–Kier alpha value is -1.61. The van der Waals surface area contributed by atoms with E-state index < -0.39 is 71.2 Å². The minimum atomic E-state index is -4.60. The Morgan fingerprint density at radius 1 is 0.532 bits per heavy atom. The summed E-state index contributed by atoms with van der Waals surface area (Å²) in [7, 11) is -4.60. The van der Waals surface area contributed by atoms with Crippen molar-refractivity contribution in [3.63, 3.8) is 0 Å². The summed E-state index contributed by atoms with van der Waals surface area (Å²) in [6.07, 6.45) is 33.9. The largest absolute Gasteiger partial charge is 0.462 e. The highest BCUT2D eigenvalue weighted by molar-refractivity contribution is 7.85. The van der Waals surface area contributed by atoms with Gasteiger partial charge in [0.1, 0.15) is 36.8 Å². The molecule has 4 N–H and O–H groups in total. The second kappa shape index (κ2) is 39.7. The van der Waals surface area contributed by atoms with Crippen molar-refractivity contribution in [2.24, 2.45) is 0 Å². The molecule has 1 aliphatic heterocycles. The summed E-state index contributed by atoms with van der Waals surface area (Å²) in [4.78, 5) is 25.5. The first-order valence-corrected chi connectivity index (χ1v) is 26.9. The number of allylic oxidation sites excluding steroid dienone is 2. The molecule has 1 rings (SSSR count). The number of esters is 2. The van der Waals surface area contributed by atoms with Gasteiger partial charge >= 0.3 is 11.9 Å².